The third-order valence-electron chi connectivity index (χ3n) is 3.38. The van der Waals surface area contributed by atoms with Crippen molar-refractivity contribution in [3.63, 3.8) is 0 Å². The standard InChI is InChI=1S/C16H20N2O2S/c1-21-18-12-13(16(18)20)8-4-2-7-11-15(19)17-14-9-5-3-6-10-14/h2-6,9-10,13H,7-8,11-12H2,1H3,(H,17,19)/b4-2-/t13-/m1/s1. The third-order valence-corrected chi connectivity index (χ3v) is 4.15. The second-order valence-electron chi connectivity index (χ2n) is 4.94. The van der Waals surface area contributed by atoms with Gasteiger partial charge in [-0.05, 0) is 25.0 Å². The summed E-state index contributed by atoms with van der Waals surface area (Å²) in [5.74, 6) is 0.361. The molecule has 21 heavy (non-hydrogen) atoms. The van der Waals surface area contributed by atoms with Crippen molar-refractivity contribution in [2.24, 2.45) is 5.92 Å². The third kappa shape index (κ3) is 4.63. The van der Waals surface area contributed by atoms with Crippen LogP contribution < -0.4 is 5.32 Å². The maximum Gasteiger partial charge on any atom is 0.237 e. The molecule has 1 heterocycles. The Bertz CT molecular complexity index is 516. The Hall–Kier alpha value is -1.75. The van der Waals surface area contributed by atoms with E-state index in [4.69, 9.17) is 0 Å². The van der Waals surface area contributed by atoms with Crippen LogP contribution in [0.1, 0.15) is 19.3 Å². The molecule has 2 rings (SSSR count). The number of nitrogens with one attached hydrogen (secondary N) is 1. The van der Waals surface area contributed by atoms with E-state index in [9.17, 15) is 9.59 Å². The van der Waals surface area contributed by atoms with E-state index < -0.39 is 0 Å². The molecule has 0 spiro atoms. The molecule has 1 fully saturated rings. The van der Waals surface area contributed by atoms with Gasteiger partial charge in [0.15, 0.2) is 0 Å². The maximum atomic E-state index is 11.7. The first kappa shape index (κ1) is 15.6. The highest BCUT2D eigenvalue weighted by molar-refractivity contribution is 7.96. The van der Waals surface area contributed by atoms with Crippen molar-refractivity contribution in [1.82, 2.24) is 4.31 Å². The fourth-order valence-corrected chi connectivity index (χ4v) is 2.80. The summed E-state index contributed by atoms with van der Waals surface area (Å²) >= 11 is 1.48. The van der Waals surface area contributed by atoms with Crippen LogP contribution in [0.15, 0.2) is 42.5 Å². The first-order chi connectivity index (χ1) is 10.2. The van der Waals surface area contributed by atoms with Crippen molar-refractivity contribution in [2.75, 3.05) is 18.1 Å². The van der Waals surface area contributed by atoms with Crippen LogP contribution in [0, 0.1) is 5.92 Å². The van der Waals surface area contributed by atoms with Gasteiger partial charge < -0.3 is 5.32 Å². The number of amides is 2. The van der Waals surface area contributed by atoms with Gasteiger partial charge in [-0.25, -0.2) is 0 Å². The predicted molar refractivity (Wildman–Crippen MR) is 86.8 cm³/mol. The number of hydrogen-bond acceptors (Lipinski definition) is 3. The van der Waals surface area contributed by atoms with Gasteiger partial charge in [-0.1, -0.05) is 42.3 Å². The Morgan fingerprint density at radius 1 is 1.38 bits per heavy atom. The highest BCUT2D eigenvalue weighted by Gasteiger charge is 2.34. The van der Waals surface area contributed by atoms with E-state index in [2.05, 4.69) is 5.32 Å². The minimum Gasteiger partial charge on any atom is -0.326 e. The second-order valence-corrected chi connectivity index (χ2v) is 5.74. The summed E-state index contributed by atoms with van der Waals surface area (Å²) in [7, 11) is 0. The molecule has 0 aliphatic carbocycles. The molecule has 1 aromatic carbocycles. The minimum atomic E-state index is 0.0131. The van der Waals surface area contributed by atoms with Gasteiger partial charge in [-0.15, -0.1) is 0 Å². The molecule has 0 saturated carbocycles. The van der Waals surface area contributed by atoms with Crippen molar-refractivity contribution in [3.8, 4) is 0 Å². The summed E-state index contributed by atoms with van der Waals surface area (Å²) in [6, 6.07) is 9.44. The number of β-lactam (4-membered cyclic amide) rings is 1. The lowest BCUT2D eigenvalue weighted by molar-refractivity contribution is -0.139. The second kappa shape index (κ2) is 7.88. The van der Waals surface area contributed by atoms with Crippen molar-refractivity contribution in [1.29, 1.82) is 0 Å². The molecule has 0 radical (unpaired) electrons. The molecule has 1 aromatic rings. The van der Waals surface area contributed by atoms with E-state index in [1.807, 2.05) is 48.7 Å². The number of rotatable bonds is 7. The number of carbonyl (C=O) groups is 2. The van der Waals surface area contributed by atoms with Gasteiger partial charge in [0.2, 0.25) is 11.8 Å². The van der Waals surface area contributed by atoms with Crippen molar-refractivity contribution >= 4 is 29.4 Å². The lowest BCUT2D eigenvalue weighted by Gasteiger charge is -2.35. The molecule has 0 aromatic heterocycles. The monoisotopic (exact) mass is 304 g/mol. The molecule has 2 amide bonds. The zero-order valence-electron chi connectivity index (χ0n) is 12.1. The fraction of sp³-hybridized carbons (Fsp3) is 0.375. The number of allylic oxidation sites excluding steroid dienone is 2. The molecule has 1 saturated heterocycles. The van der Waals surface area contributed by atoms with Crippen LogP contribution in [0.2, 0.25) is 0 Å². The van der Waals surface area contributed by atoms with Crippen molar-refractivity contribution in [3.05, 3.63) is 42.5 Å². The summed E-state index contributed by atoms with van der Waals surface area (Å²) < 4.78 is 1.77. The minimum absolute atomic E-state index is 0.0131. The lowest BCUT2D eigenvalue weighted by Crippen LogP contribution is -2.47. The van der Waals surface area contributed by atoms with Gasteiger partial charge in [0.25, 0.3) is 0 Å². The van der Waals surface area contributed by atoms with Crippen LogP contribution in [0.3, 0.4) is 0 Å². The summed E-state index contributed by atoms with van der Waals surface area (Å²) in [5, 5.41) is 2.85. The van der Waals surface area contributed by atoms with E-state index in [1.54, 1.807) is 4.31 Å². The number of hydrogen-bond donors (Lipinski definition) is 1. The van der Waals surface area contributed by atoms with E-state index >= 15 is 0 Å². The van der Waals surface area contributed by atoms with Crippen LogP contribution in [-0.4, -0.2) is 28.9 Å². The molecule has 1 N–H and O–H groups in total. The zero-order chi connectivity index (χ0) is 15.1. The molecule has 1 aliphatic heterocycles. The molecule has 0 bridgehead atoms. The van der Waals surface area contributed by atoms with Gasteiger partial charge in [0.05, 0.1) is 5.92 Å². The van der Waals surface area contributed by atoms with E-state index in [0.29, 0.717) is 12.8 Å². The van der Waals surface area contributed by atoms with Crippen molar-refractivity contribution < 1.29 is 9.59 Å². The molecular formula is C16H20N2O2S. The number of nitrogens with zero attached hydrogens (tertiary/aromatic N) is 1. The normalized spacial score (nSPS) is 17.9. The van der Waals surface area contributed by atoms with E-state index in [1.165, 1.54) is 11.9 Å². The Kier molecular flexibility index (Phi) is 5.87. The van der Waals surface area contributed by atoms with Gasteiger partial charge >= 0.3 is 0 Å². The Labute approximate surface area is 129 Å². The molecule has 0 unspecified atom stereocenters. The lowest BCUT2D eigenvalue weighted by atomic mass is 9.97. The van der Waals surface area contributed by atoms with Crippen LogP contribution >= 0.6 is 11.9 Å². The molecule has 4 nitrogen and oxygen atoms in total. The average Bonchev–Trinajstić information content (AvgIpc) is 2.50. The number of para-hydroxylation sites is 1. The molecular weight excluding hydrogens is 284 g/mol. The highest BCUT2D eigenvalue weighted by atomic mass is 32.2. The smallest absolute Gasteiger partial charge is 0.237 e. The van der Waals surface area contributed by atoms with Gasteiger partial charge in [0, 0.05) is 24.9 Å². The SMILES string of the molecule is CSN1C[C@@H](C/C=C\CCC(=O)Nc2ccccc2)C1=O. The van der Waals surface area contributed by atoms with Crippen molar-refractivity contribution in [2.45, 2.75) is 19.3 Å². The quantitative estimate of drug-likeness (QED) is 0.478. The molecule has 5 heteroatoms. The zero-order valence-corrected chi connectivity index (χ0v) is 12.9. The average molecular weight is 304 g/mol. The Balaban J connectivity index is 1.60. The number of benzene rings is 1. The van der Waals surface area contributed by atoms with Gasteiger partial charge in [0.1, 0.15) is 0 Å². The molecule has 112 valence electrons. The summed E-state index contributed by atoms with van der Waals surface area (Å²) in [5.41, 5.74) is 0.823. The van der Waals surface area contributed by atoms with Crippen LogP contribution in [0.25, 0.3) is 0 Å². The topological polar surface area (TPSA) is 49.4 Å². The summed E-state index contributed by atoms with van der Waals surface area (Å²) in [4.78, 5) is 23.3. The summed E-state index contributed by atoms with van der Waals surface area (Å²) in [6.45, 7) is 0.832. The van der Waals surface area contributed by atoms with Crippen LogP contribution in [0.4, 0.5) is 5.69 Å². The molecule has 1 atom stereocenters. The predicted octanol–water partition coefficient (Wildman–Crippen LogP) is 3.09. The number of carbonyl (C=O) groups excluding carboxylic acids is 2. The maximum absolute atomic E-state index is 11.7. The fourth-order valence-electron chi connectivity index (χ4n) is 2.14. The van der Waals surface area contributed by atoms with E-state index in [0.717, 1.165) is 18.7 Å². The largest absolute Gasteiger partial charge is 0.326 e. The van der Waals surface area contributed by atoms with Crippen LogP contribution in [-0.2, 0) is 9.59 Å². The highest BCUT2D eigenvalue weighted by Crippen LogP contribution is 2.26. The Morgan fingerprint density at radius 2 is 2.14 bits per heavy atom. The first-order valence-corrected chi connectivity index (χ1v) is 8.24. The van der Waals surface area contributed by atoms with Crippen LogP contribution in [0.5, 0.6) is 0 Å². The van der Waals surface area contributed by atoms with E-state index in [-0.39, 0.29) is 17.7 Å². The first-order valence-electron chi connectivity index (χ1n) is 7.06. The van der Waals surface area contributed by atoms with Gasteiger partial charge in [-0.3, -0.25) is 13.9 Å². The van der Waals surface area contributed by atoms with Gasteiger partial charge in [-0.2, -0.15) is 0 Å². The molecule has 1 aliphatic rings. The number of anilines is 1. The summed E-state index contributed by atoms with van der Waals surface area (Å²) in [6.07, 6.45) is 7.84. The Morgan fingerprint density at radius 3 is 2.81 bits per heavy atom.